The van der Waals surface area contributed by atoms with Gasteiger partial charge in [0.15, 0.2) is 16.6 Å². The number of rotatable bonds is 5. The van der Waals surface area contributed by atoms with Crippen molar-refractivity contribution in [3.05, 3.63) is 12.2 Å². The molecule has 4 aliphatic carbocycles. The van der Waals surface area contributed by atoms with Crippen molar-refractivity contribution in [2.45, 2.75) is 102 Å². The van der Waals surface area contributed by atoms with Crippen molar-refractivity contribution >= 4 is 28.6 Å². The van der Waals surface area contributed by atoms with E-state index in [2.05, 4.69) is 45.9 Å². The van der Waals surface area contributed by atoms with Gasteiger partial charge < -0.3 is 18.3 Å². The molecule has 1 aliphatic heterocycles. The van der Waals surface area contributed by atoms with Crippen LogP contribution in [0.25, 0.3) is 0 Å². The molecule has 0 N–H and O–H groups in total. The SMILES string of the molecule is C=C1CC23CC1(O[Si](C)(C)C)C(O[Si](C)(C)C)CC2C12CCCC(C)(C(=O)O1)C2C3C(=O)OC. The van der Waals surface area contributed by atoms with Crippen molar-refractivity contribution in [3.63, 3.8) is 0 Å². The third-order valence-electron chi connectivity index (χ3n) is 9.60. The Bertz CT molecular complexity index is 952. The summed E-state index contributed by atoms with van der Waals surface area (Å²) in [6.07, 6.45) is 4.52. The summed E-state index contributed by atoms with van der Waals surface area (Å²) < 4.78 is 25.9. The molecule has 1 spiro atoms. The van der Waals surface area contributed by atoms with Crippen molar-refractivity contribution in [3.8, 4) is 0 Å². The minimum absolute atomic E-state index is 0.0409. The molecule has 0 amide bonds. The van der Waals surface area contributed by atoms with Crippen LogP contribution < -0.4 is 0 Å². The molecule has 4 bridgehead atoms. The first-order chi connectivity index (χ1) is 15.5. The van der Waals surface area contributed by atoms with E-state index in [0.717, 1.165) is 31.3 Å². The lowest BCUT2D eigenvalue weighted by Crippen LogP contribution is -2.60. The van der Waals surface area contributed by atoms with Crippen LogP contribution in [0.15, 0.2) is 12.2 Å². The summed E-state index contributed by atoms with van der Waals surface area (Å²) in [5.41, 5.74) is -1.19. The lowest BCUT2D eigenvalue weighted by Gasteiger charge is -2.53. The molecule has 8 unspecified atom stereocenters. The third kappa shape index (κ3) is 3.04. The fourth-order valence-corrected chi connectivity index (χ4v) is 11.6. The first-order valence-corrected chi connectivity index (χ1v) is 19.7. The topological polar surface area (TPSA) is 71.1 Å². The molecule has 34 heavy (non-hydrogen) atoms. The molecule has 0 aromatic rings. The Morgan fingerprint density at radius 3 is 2.38 bits per heavy atom. The highest BCUT2D eigenvalue weighted by Gasteiger charge is 2.84. The number of methoxy groups -OCH3 is 1. The van der Waals surface area contributed by atoms with Gasteiger partial charge in [-0.15, -0.1) is 0 Å². The molecule has 0 aromatic carbocycles. The first-order valence-electron chi connectivity index (χ1n) is 12.9. The highest BCUT2D eigenvalue weighted by atomic mass is 28.4. The maximum atomic E-state index is 13.6. The molecule has 0 aromatic heterocycles. The van der Waals surface area contributed by atoms with Crippen molar-refractivity contribution in [1.82, 2.24) is 0 Å². The van der Waals surface area contributed by atoms with Crippen molar-refractivity contribution in [2.24, 2.45) is 28.6 Å². The van der Waals surface area contributed by atoms with Crippen LogP contribution in [-0.2, 0) is 27.9 Å². The summed E-state index contributed by atoms with van der Waals surface area (Å²) in [5, 5.41) is 0. The second kappa shape index (κ2) is 7.08. The number of esters is 2. The van der Waals surface area contributed by atoms with E-state index in [1.807, 2.05) is 6.92 Å². The van der Waals surface area contributed by atoms with E-state index in [1.54, 1.807) is 0 Å². The normalized spacial score (nSPS) is 47.3. The van der Waals surface area contributed by atoms with Crippen LogP contribution in [0.4, 0.5) is 0 Å². The molecular weight excluding hydrogens is 464 g/mol. The molecule has 5 rings (SSSR count). The summed E-state index contributed by atoms with van der Waals surface area (Å²) in [6.45, 7) is 19.9. The zero-order chi connectivity index (χ0) is 25.1. The zero-order valence-corrected chi connectivity index (χ0v) is 24.2. The summed E-state index contributed by atoms with van der Waals surface area (Å²) in [7, 11) is -2.44. The van der Waals surface area contributed by atoms with Crippen LogP contribution in [0.5, 0.6) is 0 Å². The smallest absolute Gasteiger partial charge is 0.312 e. The van der Waals surface area contributed by atoms with Crippen LogP contribution in [-0.4, -0.2) is 53.0 Å². The van der Waals surface area contributed by atoms with Crippen molar-refractivity contribution in [2.75, 3.05) is 7.11 Å². The Hall–Kier alpha value is -0.966. The fraction of sp³-hybridized carbons (Fsp3) is 0.846. The highest BCUT2D eigenvalue weighted by Crippen LogP contribution is 2.79. The van der Waals surface area contributed by atoms with Crippen LogP contribution in [0.3, 0.4) is 0 Å². The molecule has 6 nitrogen and oxygen atoms in total. The van der Waals surface area contributed by atoms with Gasteiger partial charge in [-0.05, 0) is 95.7 Å². The third-order valence-corrected chi connectivity index (χ3v) is 11.6. The molecule has 8 heteroatoms. The van der Waals surface area contributed by atoms with Gasteiger partial charge in [0.2, 0.25) is 0 Å². The van der Waals surface area contributed by atoms with Gasteiger partial charge in [-0.2, -0.15) is 0 Å². The maximum Gasteiger partial charge on any atom is 0.312 e. The van der Waals surface area contributed by atoms with Crippen molar-refractivity contribution < 1.29 is 27.9 Å². The predicted molar refractivity (Wildman–Crippen MR) is 134 cm³/mol. The van der Waals surface area contributed by atoms with Crippen LogP contribution in [0.1, 0.15) is 45.4 Å². The van der Waals surface area contributed by atoms with E-state index in [-0.39, 0.29) is 35.3 Å². The Labute approximate surface area is 206 Å². The summed E-state index contributed by atoms with van der Waals surface area (Å²) in [5.74, 6) is -0.854. The Morgan fingerprint density at radius 2 is 1.79 bits per heavy atom. The van der Waals surface area contributed by atoms with Gasteiger partial charge in [-0.25, -0.2) is 0 Å². The lowest BCUT2D eigenvalue weighted by molar-refractivity contribution is -0.169. The zero-order valence-electron chi connectivity index (χ0n) is 22.2. The Morgan fingerprint density at radius 1 is 1.12 bits per heavy atom. The monoisotopic (exact) mass is 506 g/mol. The van der Waals surface area contributed by atoms with Gasteiger partial charge in [0.25, 0.3) is 0 Å². The molecule has 8 atom stereocenters. The minimum atomic E-state index is -1.98. The van der Waals surface area contributed by atoms with E-state index < -0.39 is 39.2 Å². The van der Waals surface area contributed by atoms with E-state index in [9.17, 15) is 9.59 Å². The Kier molecular flexibility index (Phi) is 5.14. The number of fused-ring (bicyclic) bond motifs is 1. The molecule has 4 saturated carbocycles. The largest absolute Gasteiger partial charge is 0.469 e. The Balaban J connectivity index is 1.71. The number of carbonyl (C=O) groups is 2. The molecule has 1 saturated heterocycles. The van der Waals surface area contributed by atoms with Gasteiger partial charge in [0.1, 0.15) is 11.2 Å². The minimum Gasteiger partial charge on any atom is -0.469 e. The fourth-order valence-electron chi connectivity index (χ4n) is 9.02. The van der Waals surface area contributed by atoms with Gasteiger partial charge >= 0.3 is 11.9 Å². The average molecular weight is 507 g/mol. The van der Waals surface area contributed by atoms with Gasteiger partial charge in [-0.1, -0.05) is 6.58 Å². The van der Waals surface area contributed by atoms with Crippen molar-refractivity contribution in [1.29, 1.82) is 0 Å². The van der Waals surface area contributed by atoms with Crippen LogP contribution >= 0.6 is 0 Å². The standard InChI is InChI=1S/C26H42O6Si2/c1-16-14-24-15-26(16,32-34(7,8)9)18(31-33(4,5)6)13-17(24)25-12-10-11-23(2,22(28)30-25)20(25)19(24)21(27)29-3/h17-20H,1,10-15H2,2-9H3. The molecule has 5 fully saturated rings. The number of ether oxygens (including phenoxy) is 2. The quantitative estimate of drug-likeness (QED) is 0.295. The highest BCUT2D eigenvalue weighted by molar-refractivity contribution is 6.70. The average Bonchev–Trinajstić information content (AvgIpc) is 3.10. The molecular formula is C26H42O6Si2. The lowest BCUT2D eigenvalue weighted by atomic mass is 9.60. The number of hydrogen-bond acceptors (Lipinski definition) is 6. The molecule has 0 radical (unpaired) electrons. The van der Waals surface area contributed by atoms with Crippen LogP contribution in [0.2, 0.25) is 39.3 Å². The van der Waals surface area contributed by atoms with E-state index in [4.69, 9.17) is 18.3 Å². The molecule has 5 aliphatic rings. The first kappa shape index (κ1) is 24.7. The summed E-state index contributed by atoms with van der Waals surface area (Å²) in [4.78, 5) is 26.9. The molecule has 190 valence electrons. The second-order valence-electron chi connectivity index (χ2n) is 13.9. The number of hydrogen-bond donors (Lipinski definition) is 0. The van der Waals surface area contributed by atoms with Crippen LogP contribution in [0, 0.1) is 28.6 Å². The van der Waals surface area contributed by atoms with Gasteiger partial charge in [0.05, 0.1) is 24.5 Å². The maximum absolute atomic E-state index is 13.6. The second-order valence-corrected chi connectivity index (χ2v) is 22.8. The molecule has 1 heterocycles. The van der Waals surface area contributed by atoms with E-state index in [1.165, 1.54) is 7.11 Å². The van der Waals surface area contributed by atoms with Gasteiger partial charge in [-0.3, -0.25) is 9.59 Å². The predicted octanol–water partition coefficient (Wildman–Crippen LogP) is 5.06. The summed E-state index contributed by atoms with van der Waals surface area (Å²) in [6, 6.07) is 0. The summed E-state index contributed by atoms with van der Waals surface area (Å²) >= 11 is 0. The van der Waals surface area contributed by atoms with Gasteiger partial charge in [0, 0.05) is 11.8 Å². The van der Waals surface area contributed by atoms with E-state index in [0.29, 0.717) is 12.8 Å². The number of carbonyl (C=O) groups excluding carboxylic acids is 2. The van der Waals surface area contributed by atoms with E-state index >= 15 is 0 Å².